The number of nitrogens with zero attached hydrogens (tertiary/aromatic N) is 1. The number of piperidine rings is 1. The Morgan fingerprint density at radius 2 is 1.75 bits per heavy atom. The summed E-state index contributed by atoms with van der Waals surface area (Å²) in [5.74, 6) is 0.0813. The van der Waals surface area contributed by atoms with E-state index in [9.17, 15) is 9.59 Å². The fraction of sp³-hybridized carbons (Fsp3) is 0.579. The number of hydrogen-bond acceptors (Lipinski definition) is 3. The maximum atomic E-state index is 12.5. The quantitative estimate of drug-likeness (QED) is 0.922. The number of carbonyl (C=O) groups excluding carboxylic acids is 2. The van der Waals surface area contributed by atoms with Crippen molar-refractivity contribution in [2.24, 2.45) is 5.41 Å². The molecule has 0 saturated carbocycles. The molecule has 0 radical (unpaired) electrons. The molecule has 132 valence electrons. The monoisotopic (exact) mass is 332 g/mol. The lowest BCUT2D eigenvalue weighted by molar-refractivity contribution is 0.0442. The summed E-state index contributed by atoms with van der Waals surface area (Å²) in [5, 5.41) is 2.86. The molecule has 2 amide bonds. The highest BCUT2D eigenvalue weighted by atomic mass is 16.6. The molecule has 24 heavy (non-hydrogen) atoms. The highest BCUT2D eigenvalue weighted by molar-refractivity contribution is 5.94. The van der Waals surface area contributed by atoms with Gasteiger partial charge in [-0.05, 0) is 51.2 Å². The Morgan fingerprint density at radius 3 is 2.29 bits per heavy atom. The van der Waals surface area contributed by atoms with E-state index in [1.165, 1.54) is 0 Å². The number of carbonyl (C=O) groups is 2. The number of likely N-dealkylation sites (tertiary alicyclic amines) is 1. The molecule has 1 aliphatic rings. The smallest absolute Gasteiger partial charge is 0.407 e. The van der Waals surface area contributed by atoms with Gasteiger partial charge in [0.25, 0.3) is 5.91 Å². The first kappa shape index (κ1) is 18.3. The van der Waals surface area contributed by atoms with E-state index in [2.05, 4.69) is 12.2 Å². The Morgan fingerprint density at radius 1 is 1.17 bits per heavy atom. The second-order valence-electron chi connectivity index (χ2n) is 7.82. The average molecular weight is 332 g/mol. The topological polar surface area (TPSA) is 58.6 Å². The summed E-state index contributed by atoms with van der Waals surface area (Å²) in [5.41, 5.74) is 0.230. The zero-order valence-electron chi connectivity index (χ0n) is 15.1. The molecular weight excluding hydrogens is 304 g/mol. The van der Waals surface area contributed by atoms with Gasteiger partial charge in [-0.1, -0.05) is 25.1 Å². The number of ether oxygens (including phenoxy) is 1. The van der Waals surface area contributed by atoms with E-state index in [0.717, 1.165) is 18.4 Å². The zero-order valence-corrected chi connectivity index (χ0v) is 15.1. The lowest BCUT2D eigenvalue weighted by Gasteiger charge is -2.39. The van der Waals surface area contributed by atoms with Crippen molar-refractivity contribution in [1.29, 1.82) is 0 Å². The fourth-order valence-electron chi connectivity index (χ4n) is 2.79. The van der Waals surface area contributed by atoms with Crippen molar-refractivity contribution in [3.63, 3.8) is 0 Å². The maximum absolute atomic E-state index is 12.5. The van der Waals surface area contributed by atoms with Crippen molar-refractivity contribution in [3.8, 4) is 0 Å². The molecule has 1 aliphatic heterocycles. The van der Waals surface area contributed by atoms with Crippen LogP contribution in [0.3, 0.4) is 0 Å². The van der Waals surface area contributed by atoms with Crippen molar-refractivity contribution in [3.05, 3.63) is 35.9 Å². The van der Waals surface area contributed by atoms with Crippen LogP contribution in [0, 0.1) is 5.41 Å². The van der Waals surface area contributed by atoms with Crippen LogP contribution in [0.2, 0.25) is 0 Å². The van der Waals surface area contributed by atoms with Crippen LogP contribution >= 0.6 is 0 Å². The number of benzene rings is 1. The van der Waals surface area contributed by atoms with Gasteiger partial charge in [0.1, 0.15) is 5.60 Å². The summed E-state index contributed by atoms with van der Waals surface area (Å²) >= 11 is 0. The molecule has 0 spiro atoms. The third-order valence-electron chi connectivity index (χ3n) is 4.34. The Bertz CT molecular complexity index is 570. The van der Waals surface area contributed by atoms with E-state index < -0.39 is 5.60 Å². The molecule has 0 unspecified atom stereocenters. The normalized spacial score (nSPS) is 17.2. The highest BCUT2D eigenvalue weighted by Gasteiger charge is 2.33. The summed E-state index contributed by atoms with van der Waals surface area (Å²) < 4.78 is 5.28. The molecule has 0 atom stereocenters. The Kier molecular flexibility index (Phi) is 5.52. The van der Waals surface area contributed by atoms with Crippen LogP contribution in [-0.2, 0) is 4.74 Å². The molecule has 5 heteroatoms. The lowest BCUT2D eigenvalue weighted by atomic mass is 9.80. The molecule has 1 saturated heterocycles. The molecule has 1 N–H and O–H groups in total. The number of alkyl carbamates (subject to hydrolysis) is 1. The fourth-order valence-corrected chi connectivity index (χ4v) is 2.79. The van der Waals surface area contributed by atoms with Crippen molar-refractivity contribution in [1.82, 2.24) is 10.2 Å². The van der Waals surface area contributed by atoms with Gasteiger partial charge in [0.15, 0.2) is 0 Å². The molecule has 0 bridgehead atoms. The Balaban J connectivity index is 1.83. The number of rotatable bonds is 3. The van der Waals surface area contributed by atoms with E-state index in [0.29, 0.717) is 19.6 Å². The van der Waals surface area contributed by atoms with Crippen LogP contribution in [0.25, 0.3) is 0 Å². The maximum Gasteiger partial charge on any atom is 0.407 e. The van der Waals surface area contributed by atoms with E-state index >= 15 is 0 Å². The molecule has 0 aromatic heterocycles. The minimum Gasteiger partial charge on any atom is -0.444 e. The first-order valence-corrected chi connectivity index (χ1v) is 8.50. The van der Waals surface area contributed by atoms with Crippen molar-refractivity contribution in [2.75, 3.05) is 19.6 Å². The standard InChI is InChI=1S/C19H28N2O3/c1-18(2,3)24-17(23)20-14-19(4)10-12-21(13-11-19)16(22)15-8-6-5-7-9-15/h5-9H,10-14H2,1-4H3,(H,20,23). The first-order valence-electron chi connectivity index (χ1n) is 8.50. The van der Waals surface area contributed by atoms with Crippen LogP contribution < -0.4 is 5.32 Å². The number of nitrogens with one attached hydrogen (secondary N) is 1. The molecule has 1 heterocycles. The van der Waals surface area contributed by atoms with Gasteiger partial charge in [0.2, 0.25) is 0 Å². The van der Waals surface area contributed by atoms with Crippen LogP contribution in [0.4, 0.5) is 4.79 Å². The van der Waals surface area contributed by atoms with E-state index in [1.54, 1.807) is 0 Å². The minimum atomic E-state index is -0.490. The van der Waals surface area contributed by atoms with Crippen molar-refractivity contribution >= 4 is 12.0 Å². The molecule has 1 aromatic carbocycles. The van der Waals surface area contributed by atoms with Gasteiger partial charge >= 0.3 is 6.09 Å². The second kappa shape index (κ2) is 7.24. The van der Waals surface area contributed by atoms with Gasteiger partial charge in [0.05, 0.1) is 0 Å². The second-order valence-corrected chi connectivity index (χ2v) is 7.82. The van der Waals surface area contributed by atoms with E-state index in [-0.39, 0.29) is 17.4 Å². The molecule has 1 fully saturated rings. The summed E-state index contributed by atoms with van der Waals surface area (Å²) in [6.45, 7) is 9.68. The summed E-state index contributed by atoms with van der Waals surface area (Å²) in [6, 6.07) is 9.37. The summed E-state index contributed by atoms with van der Waals surface area (Å²) in [4.78, 5) is 26.2. The Hall–Kier alpha value is -2.04. The summed E-state index contributed by atoms with van der Waals surface area (Å²) in [7, 11) is 0. The van der Waals surface area contributed by atoms with Gasteiger partial charge in [-0.2, -0.15) is 0 Å². The number of amides is 2. The van der Waals surface area contributed by atoms with Gasteiger partial charge < -0.3 is 15.0 Å². The van der Waals surface area contributed by atoms with Crippen LogP contribution in [-0.4, -0.2) is 42.1 Å². The van der Waals surface area contributed by atoms with E-state index in [4.69, 9.17) is 4.74 Å². The molecular formula is C19H28N2O3. The van der Waals surface area contributed by atoms with Gasteiger partial charge in [-0.3, -0.25) is 4.79 Å². The molecule has 5 nitrogen and oxygen atoms in total. The Labute approximate surface area is 144 Å². The molecule has 2 rings (SSSR count). The predicted octanol–water partition coefficient (Wildman–Crippen LogP) is 3.45. The third kappa shape index (κ3) is 5.25. The third-order valence-corrected chi connectivity index (χ3v) is 4.34. The van der Waals surface area contributed by atoms with Gasteiger partial charge in [-0.15, -0.1) is 0 Å². The highest BCUT2D eigenvalue weighted by Crippen LogP contribution is 2.30. The van der Waals surface area contributed by atoms with Crippen LogP contribution in [0.5, 0.6) is 0 Å². The molecule has 1 aromatic rings. The average Bonchev–Trinajstić information content (AvgIpc) is 2.52. The van der Waals surface area contributed by atoms with Gasteiger partial charge in [-0.25, -0.2) is 4.79 Å². The van der Waals surface area contributed by atoms with Crippen molar-refractivity contribution < 1.29 is 14.3 Å². The predicted molar refractivity (Wildman–Crippen MR) is 93.9 cm³/mol. The SMILES string of the molecule is CC1(CNC(=O)OC(C)(C)C)CCN(C(=O)c2ccccc2)CC1. The van der Waals surface area contributed by atoms with Crippen LogP contribution in [0.15, 0.2) is 30.3 Å². The van der Waals surface area contributed by atoms with Crippen molar-refractivity contribution in [2.45, 2.75) is 46.1 Å². The number of hydrogen-bond donors (Lipinski definition) is 1. The largest absolute Gasteiger partial charge is 0.444 e. The van der Waals surface area contributed by atoms with Crippen LogP contribution in [0.1, 0.15) is 50.9 Å². The van der Waals surface area contributed by atoms with Gasteiger partial charge in [0, 0.05) is 25.2 Å². The lowest BCUT2D eigenvalue weighted by Crippen LogP contribution is -2.47. The first-order chi connectivity index (χ1) is 11.2. The summed E-state index contributed by atoms with van der Waals surface area (Å²) in [6.07, 6.45) is 1.34. The molecule has 0 aliphatic carbocycles. The zero-order chi connectivity index (χ0) is 17.8. The minimum absolute atomic E-state index is 0.00955. The van der Waals surface area contributed by atoms with E-state index in [1.807, 2.05) is 56.0 Å².